The number of ether oxygens (including phenoxy) is 1. The minimum atomic E-state index is 0.171. The molecule has 2 nitrogen and oxygen atoms in total. The molecule has 1 unspecified atom stereocenters. The van der Waals surface area contributed by atoms with E-state index in [4.69, 9.17) is 9.84 Å². The van der Waals surface area contributed by atoms with Crippen LogP contribution in [0.4, 0.5) is 0 Å². The van der Waals surface area contributed by atoms with E-state index in [-0.39, 0.29) is 12.5 Å². The molecule has 1 aromatic carbocycles. The van der Waals surface area contributed by atoms with E-state index < -0.39 is 0 Å². The van der Waals surface area contributed by atoms with Gasteiger partial charge in [-0.15, -0.1) is 0 Å². The van der Waals surface area contributed by atoms with Crippen molar-refractivity contribution in [3.8, 4) is 5.75 Å². The Morgan fingerprint density at radius 3 is 2.33 bits per heavy atom. The molecule has 0 aromatic heterocycles. The Bertz CT molecular complexity index is 332. The third-order valence-corrected chi connectivity index (χ3v) is 2.63. The molecule has 0 amide bonds. The maximum Gasteiger partial charge on any atom is 0.122 e. The zero-order valence-corrected chi connectivity index (χ0v) is 10.0. The molecule has 0 radical (unpaired) electrons. The van der Waals surface area contributed by atoms with Crippen LogP contribution in [0, 0.1) is 26.7 Å². The van der Waals surface area contributed by atoms with Crippen LogP contribution in [0.2, 0.25) is 0 Å². The molecule has 0 spiro atoms. The van der Waals surface area contributed by atoms with Gasteiger partial charge < -0.3 is 9.84 Å². The first-order chi connectivity index (χ1) is 7.04. The Kier molecular flexibility index (Phi) is 4.15. The van der Waals surface area contributed by atoms with Crippen molar-refractivity contribution in [1.29, 1.82) is 0 Å². The molecule has 0 aliphatic rings. The molecule has 1 rings (SSSR count). The van der Waals surface area contributed by atoms with Gasteiger partial charge in [-0.05, 0) is 43.5 Å². The van der Waals surface area contributed by atoms with Gasteiger partial charge in [-0.1, -0.05) is 13.0 Å². The van der Waals surface area contributed by atoms with Crippen LogP contribution < -0.4 is 4.74 Å². The Morgan fingerprint density at radius 1 is 1.13 bits per heavy atom. The van der Waals surface area contributed by atoms with Gasteiger partial charge in [0.05, 0.1) is 6.61 Å². The van der Waals surface area contributed by atoms with Gasteiger partial charge >= 0.3 is 0 Å². The fourth-order valence-corrected chi connectivity index (χ4v) is 1.37. The highest BCUT2D eigenvalue weighted by atomic mass is 16.5. The van der Waals surface area contributed by atoms with Crippen molar-refractivity contribution < 1.29 is 9.84 Å². The highest BCUT2D eigenvalue weighted by Gasteiger charge is 2.05. The van der Waals surface area contributed by atoms with Gasteiger partial charge in [-0.25, -0.2) is 0 Å². The summed E-state index contributed by atoms with van der Waals surface area (Å²) in [5, 5.41) is 8.90. The minimum absolute atomic E-state index is 0.171. The molecule has 2 heteroatoms. The van der Waals surface area contributed by atoms with Crippen molar-refractivity contribution in [2.45, 2.75) is 27.7 Å². The Labute approximate surface area is 91.9 Å². The molecule has 0 aliphatic carbocycles. The third kappa shape index (κ3) is 3.24. The first-order valence-corrected chi connectivity index (χ1v) is 5.36. The van der Waals surface area contributed by atoms with Gasteiger partial charge in [0.15, 0.2) is 0 Å². The maximum atomic E-state index is 8.90. The number of aliphatic hydroxyl groups excluding tert-OH is 1. The van der Waals surface area contributed by atoms with Gasteiger partial charge in [0, 0.05) is 12.5 Å². The largest absolute Gasteiger partial charge is 0.493 e. The Balaban J connectivity index is 2.73. The summed E-state index contributed by atoms with van der Waals surface area (Å²) < 4.78 is 5.67. The lowest BCUT2D eigenvalue weighted by molar-refractivity contribution is 0.174. The number of rotatable bonds is 4. The molecule has 1 aromatic rings. The van der Waals surface area contributed by atoms with E-state index in [0.29, 0.717) is 6.61 Å². The quantitative estimate of drug-likeness (QED) is 0.824. The molecule has 0 saturated heterocycles. The van der Waals surface area contributed by atoms with Crippen molar-refractivity contribution in [2.75, 3.05) is 13.2 Å². The summed E-state index contributed by atoms with van der Waals surface area (Å²) in [7, 11) is 0. The smallest absolute Gasteiger partial charge is 0.122 e. The summed E-state index contributed by atoms with van der Waals surface area (Å²) in [4.78, 5) is 0. The molecule has 0 aliphatic heterocycles. The lowest BCUT2D eigenvalue weighted by Gasteiger charge is -2.14. The lowest BCUT2D eigenvalue weighted by atomic mass is 10.1. The SMILES string of the molecule is Cc1cc(C)c(OCC(C)CO)cc1C. The zero-order valence-electron chi connectivity index (χ0n) is 10.0. The van der Waals surface area contributed by atoms with Gasteiger partial charge in [0.2, 0.25) is 0 Å². The molecular weight excluding hydrogens is 188 g/mol. The highest BCUT2D eigenvalue weighted by molar-refractivity contribution is 5.40. The first kappa shape index (κ1) is 12.1. The molecule has 0 bridgehead atoms. The van der Waals surface area contributed by atoms with Crippen LogP contribution in [-0.2, 0) is 0 Å². The molecule has 1 atom stereocenters. The Hall–Kier alpha value is -1.02. The van der Waals surface area contributed by atoms with E-state index in [1.807, 2.05) is 13.8 Å². The second kappa shape index (κ2) is 5.17. The average molecular weight is 208 g/mol. The number of aliphatic hydroxyl groups is 1. The third-order valence-electron chi connectivity index (χ3n) is 2.63. The van der Waals surface area contributed by atoms with Crippen molar-refractivity contribution in [2.24, 2.45) is 5.92 Å². The zero-order chi connectivity index (χ0) is 11.4. The molecule has 0 fully saturated rings. The summed E-state index contributed by atoms with van der Waals surface area (Å²) in [6.07, 6.45) is 0. The molecule has 84 valence electrons. The monoisotopic (exact) mass is 208 g/mol. The summed E-state index contributed by atoms with van der Waals surface area (Å²) in [5.74, 6) is 1.12. The standard InChI is InChI=1S/C13H20O2/c1-9(7-14)8-15-13-6-11(3)10(2)5-12(13)4/h5-6,9,14H,7-8H2,1-4H3. The average Bonchev–Trinajstić information content (AvgIpc) is 2.21. The van der Waals surface area contributed by atoms with E-state index in [9.17, 15) is 0 Å². The number of benzene rings is 1. The topological polar surface area (TPSA) is 29.5 Å². The minimum Gasteiger partial charge on any atom is -0.493 e. The second-order valence-corrected chi connectivity index (χ2v) is 4.30. The maximum absolute atomic E-state index is 8.90. The first-order valence-electron chi connectivity index (χ1n) is 5.36. The normalized spacial score (nSPS) is 12.6. The van der Waals surface area contributed by atoms with Crippen LogP contribution in [0.5, 0.6) is 5.75 Å². The van der Waals surface area contributed by atoms with E-state index in [0.717, 1.165) is 11.3 Å². The van der Waals surface area contributed by atoms with Gasteiger partial charge in [-0.3, -0.25) is 0 Å². The lowest BCUT2D eigenvalue weighted by Crippen LogP contribution is -2.12. The summed E-state index contributed by atoms with van der Waals surface area (Å²) in [5.41, 5.74) is 3.69. The predicted molar refractivity (Wildman–Crippen MR) is 62.4 cm³/mol. The van der Waals surface area contributed by atoms with Gasteiger partial charge in [-0.2, -0.15) is 0 Å². The van der Waals surface area contributed by atoms with Crippen molar-refractivity contribution >= 4 is 0 Å². The fraction of sp³-hybridized carbons (Fsp3) is 0.538. The highest BCUT2D eigenvalue weighted by Crippen LogP contribution is 2.22. The summed E-state index contributed by atoms with van der Waals surface area (Å²) in [6, 6.07) is 4.20. The number of hydrogen-bond acceptors (Lipinski definition) is 2. The fourth-order valence-electron chi connectivity index (χ4n) is 1.37. The number of hydrogen-bond donors (Lipinski definition) is 1. The summed E-state index contributed by atoms with van der Waals surface area (Å²) >= 11 is 0. The van der Waals surface area contributed by atoms with E-state index in [1.54, 1.807) is 0 Å². The van der Waals surface area contributed by atoms with E-state index in [2.05, 4.69) is 26.0 Å². The van der Waals surface area contributed by atoms with Crippen LogP contribution in [-0.4, -0.2) is 18.3 Å². The van der Waals surface area contributed by atoms with Crippen molar-refractivity contribution in [3.63, 3.8) is 0 Å². The molecule has 0 heterocycles. The van der Waals surface area contributed by atoms with E-state index >= 15 is 0 Å². The molecule has 1 N–H and O–H groups in total. The predicted octanol–water partition coefficient (Wildman–Crippen LogP) is 2.62. The van der Waals surface area contributed by atoms with Crippen LogP contribution in [0.25, 0.3) is 0 Å². The molecule has 15 heavy (non-hydrogen) atoms. The van der Waals surface area contributed by atoms with Crippen LogP contribution in [0.3, 0.4) is 0 Å². The Morgan fingerprint density at radius 2 is 1.73 bits per heavy atom. The van der Waals surface area contributed by atoms with Crippen molar-refractivity contribution in [3.05, 3.63) is 28.8 Å². The van der Waals surface area contributed by atoms with Crippen LogP contribution >= 0.6 is 0 Å². The van der Waals surface area contributed by atoms with Gasteiger partial charge in [0.1, 0.15) is 5.75 Å². The van der Waals surface area contributed by atoms with E-state index in [1.165, 1.54) is 11.1 Å². The molecule has 0 saturated carbocycles. The van der Waals surface area contributed by atoms with Gasteiger partial charge in [0.25, 0.3) is 0 Å². The van der Waals surface area contributed by atoms with Crippen LogP contribution in [0.15, 0.2) is 12.1 Å². The number of aryl methyl sites for hydroxylation is 3. The second-order valence-electron chi connectivity index (χ2n) is 4.30. The molecular formula is C13H20O2. The van der Waals surface area contributed by atoms with Crippen molar-refractivity contribution in [1.82, 2.24) is 0 Å². The van der Waals surface area contributed by atoms with Crippen LogP contribution in [0.1, 0.15) is 23.6 Å². The summed E-state index contributed by atoms with van der Waals surface area (Å²) in [6.45, 7) is 8.94.